The molecule has 2 aromatic rings. The largest absolute Gasteiger partial charge is 0.503 e. The zero-order valence-corrected chi connectivity index (χ0v) is 13.9. The summed E-state index contributed by atoms with van der Waals surface area (Å²) in [5.74, 6) is 0.283. The van der Waals surface area contributed by atoms with Crippen molar-refractivity contribution in [2.45, 2.75) is 5.75 Å². The fourth-order valence-electron chi connectivity index (χ4n) is 1.84. The highest BCUT2D eigenvalue weighted by atomic mass is 32.2. The van der Waals surface area contributed by atoms with E-state index in [0.29, 0.717) is 11.5 Å². The number of thioether (sulfide) groups is 1. The van der Waals surface area contributed by atoms with E-state index in [1.165, 1.54) is 25.1 Å². The second kappa shape index (κ2) is 9.42. The highest BCUT2D eigenvalue weighted by Crippen LogP contribution is 2.21. The third-order valence-corrected chi connectivity index (χ3v) is 4.00. The Hall–Kier alpha value is -2.73. The number of carbonyl (C=O) groups is 1. The van der Waals surface area contributed by atoms with Gasteiger partial charge in [-0.2, -0.15) is 0 Å². The molecule has 0 heterocycles. The Labute approximate surface area is 144 Å². The molecule has 0 spiro atoms. The van der Waals surface area contributed by atoms with Gasteiger partial charge >= 0.3 is 5.97 Å². The Morgan fingerprint density at radius 3 is 2.33 bits per heavy atom. The molecule has 2 rings (SSSR count). The van der Waals surface area contributed by atoms with Gasteiger partial charge in [-0.05, 0) is 17.7 Å². The number of rotatable bonds is 6. The third-order valence-electron chi connectivity index (χ3n) is 2.95. The zero-order valence-electron chi connectivity index (χ0n) is 13.1. The van der Waals surface area contributed by atoms with Crippen molar-refractivity contribution in [3.05, 3.63) is 78.1 Å². The molecule has 0 aromatic heterocycles. The van der Waals surface area contributed by atoms with Crippen LogP contribution in [0, 0.1) is 0 Å². The van der Waals surface area contributed by atoms with E-state index in [-0.39, 0.29) is 10.6 Å². The Morgan fingerprint density at radius 2 is 1.75 bits per heavy atom. The van der Waals surface area contributed by atoms with Crippen molar-refractivity contribution in [3.8, 4) is 5.75 Å². The van der Waals surface area contributed by atoms with E-state index >= 15 is 0 Å². The molecule has 24 heavy (non-hydrogen) atoms. The summed E-state index contributed by atoms with van der Waals surface area (Å²) in [7, 11) is 1.41. The summed E-state index contributed by atoms with van der Waals surface area (Å²) in [6.45, 7) is 0. The molecule has 0 atom stereocenters. The summed E-state index contributed by atoms with van der Waals surface area (Å²) in [6, 6.07) is 18.3. The van der Waals surface area contributed by atoms with Gasteiger partial charge < -0.3 is 14.7 Å². The highest BCUT2D eigenvalue weighted by molar-refractivity contribution is 8.13. The SMILES string of the molecule is COC=C(C(=O)Oc1ccccc1)C(=NO)SCc1ccccc1. The molecule has 6 heteroatoms. The fourth-order valence-corrected chi connectivity index (χ4v) is 2.68. The quantitative estimate of drug-likeness (QED) is 0.126. The molecule has 0 saturated heterocycles. The van der Waals surface area contributed by atoms with Gasteiger partial charge in [0.1, 0.15) is 11.3 Å². The molecule has 2 aromatic carbocycles. The Balaban J connectivity index is 2.09. The minimum atomic E-state index is -0.656. The van der Waals surface area contributed by atoms with Gasteiger partial charge in [0.2, 0.25) is 0 Å². The van der Waals surface area contributed by atoms with Crippen LogP contribution in [0.4, 0.5) is 0 Å². The molecular weight excluding hydrogens is 326 g/mol. The van der Waals surface area contributed by atoms with Crippen LogP contribution in [0.3, 0.4) is 0 Å². The zero-order chi connectivity index (χ0) is 17.2. The van der Waals surface area contributed by atoms with E-state index in [1.54, 1.807) is 24.3 Å². The molecule has 0 unspecified atom stereocenters. The molecule has 0 bridgehead atoms. The van der Waals surface area contributed by atoms with Gasteiger partial charge in [0, 0.05) is 5.75 Å². The van der Waals surface area contributed by atoms with E-state index in [2.05, 4.69) is 5.16 Å². The van der Waals surface area contributed by atoms with Crippen LogP contribution >= 0.6 is 11.8 Å². The summed E-state index contributed by atoms with van der Waals surface area (Å²) in [6.07, 6.45) is 1.21. The van der Waals surface area contributed by atoms with E-state index in [1.807, 2.05) is 36.4 Å². The minimum Gasteiger partial charge on any atom is -0.503 e. The maximum absolute atomic E-state index is 12.3. The van der Waals surface area contributed by atoms with Crippen molar-refractivity contribution in [1.82, 2.24) is 0 Å². The maximum atomic E-state index is 12.3. The summed E-state index contributed by atoms with van der Waals surface area (Å²) in [5.41, 5.74) is 1.08. The number of hydrogen-bond donors (Lipinski definition) is 1. The summed E-state index contributed by atoms with van der Waals surface area (Å²) >= 11 is 1.21. The second-order valence-electron chi connectivity index (χ2n) is 4.65. The number of carbonyl (C=O) groups excluding carboxylic acids is 1. The number of oxime groups is 1. The molecule has 0 saturated carbocycles. The second-order valence-corrected chi connectivity index (χ2v) is 5.61. The molecule has 124 valence electrons. The molecule has 1 N–H and O–H groups in total. The Kier molecular flexibility index (Phi) is 6.91. The normalized spacial score (nSPS) is 11.9. The first-order valence-electron chi connectivity index (χ1n) is 7.14. The van der Waals surface area contributed by atoms with Crippen molar-refractivity contribution in [1.29, 1.82) is 0 Å². The molecule has 0 amide bonds. The first kappa shape index (κ1) is 17.6. The summed E-state index contributed by atoms with van der Waals surface area (Å²) < 4.78 is 10.2. The molecular formula is C18H17NO4S. The number of benzene rings is 2. The lowest BCUT2D eigenvalue weighted by atomic mass is 10.2. The minimum absolute atomic E-state index is 0.0461. The van der Waals surface area contributed by atoms with Crippen molar-refractivity contribution in [3.63, 3.8) is 0 Å². The van der Waals surface area contributed by atoms with E-state index in [9.17, 15) is 10.0 Å². The van der Waals surface area contributed by atoms with E-state index in [4.69, 9.17) is 9.47 Å². The average Bonchev–Trinajstić information content (AvgIpc) is 2.63. The van der Waals surface area contributed by atoms with Crippen LogP contribution in [0.1, 0.15) is 5.56 Å². The molecule has 0 fully saturated rings. The first-order valence-corrected chi connectivity index (χ1v) is 8.12. The predicted octanol–water partition coefficient (Wildman–Crippen LogP) is 3.84. The van der Waals surface area contributed by atoms with Crippen LogP contribution in [0.25, 0.3) is 0 Å². The maximum Gasteiger partial charge on any atom is 0.349 e. The number of nitrogens with zero attached hydrogens (tertiary/aromatic N) is 1. The van der Waals surface area contributed by atoms with Gasteiger partial charge in [-0.1, -0.05) is 65.4 Å². The van der Waals surface area contributed by atoms with Crippen LogP contribution in [-0.2, 0) is 15.3 Å². The molecule has 0 aliphatic heterocycles. The van der Waals surface area contributed by atoms with Crippen LogP contribution in [0.15, 0.2) is 77.7 Å². The molecule has 0 radical (unpaired) electrons. The van der Waals surface area contributed by atoms with Crippen LogP contribution < -0.4 is 4.74 Å². The summed E-state index contributed by atoms with van der Waals surface area (Å²) in [5, 5.41) is 12.6. The lowest BCUT2D eigenvalue weighted by Gasteiger charge is -2.09. The van der Waals surface area contributed by atoms with E-state index < -0.39 is 5.97 Å². The van der Waals surface area contributed by atoms with Gasteiger partial charge in [0.05, 0.1) is 13.4 Å². The monoisotopic (exact) mass is 343 g/mol. The lowest BCUT2D eigenvalue weighted by Crippen LogP contribution is -2.17. The first-order chi connectivity index (χ1) is 11.7. The Morgan fingerprint density at radius 1 is 1.12 bits per heavy atom. The molecule has 5 nitrogen and oxygen atoms in total. The fraction of sp³-hybridized carbons (Fsp3) is 0.111. The van der Waals surface area contributed by atoms with Crippen molar-refractivity contribution in [2.75, 3.05) is 7.11 Å². The Bertz CT molecular complexity index is 714. The van der Waals surface area contributed by atoms with Crippen LogP contribution in [0.2, 0.25) is 0 Å². The van der Waals surface area contributed by atoms with Crippen LogP contribution in [0.5, 0.6) is 5.75 Å². The van der Waals surface area contributed by atoms with Crippen molar-refractivity contribution >= 4 is 22.8 Å². The van der Waals surface area contributed by atoms with Gasteiger partial charge in [-0.25, -0.2) is 4.79 Å². The van der Waals surface area contributed by atoms with Crippen molar-refractivity contribution in [2.24, 2.45) is 5.16 Å². The molecule has 0 aliphatic carbocycles. The number of para-hydroxylation sites is 1. The van der Waals surface area contributed by atoms with Gasteiger partial charge in [-0.3, -0.25) is 0 Å². The topological polar surface area (TPSA) is 68.1 Å². The van der Waals surface area contributed by atoms with E-state index in [0.717, 1.165) is 5.56 Å². The number of hydrogen-bond acceptors (Lipinski definition) is 6. The van der Waals surface area contributed by atoms with Crippen molar-refractivity contribution < 1.29 is 19.5 Å². The van der Waals surface area contributed by atoms with Gasteiger partial charge in [-0.15, -0.1) is 0 Å². The molecule has 0 aliphatic rings. The predicted molar refractivity (Wildman–Crippen MR) is 94.1 cm³/mol. The standard InChI is InChI=1S/C18H17NO4S/c1-22-12-16(18(20)23-15-10-6-3-7-11-15)17(19-21)24-13-14-8-4-2-5-9-14/h2-12,21H,13H2,1H3. The lowest BCUT2D eigenvalue weighted by molar-refractivity contribution is -0.129. The highest BCUT2D eigenvalue weighted by Gasteiger charge is 2.21. The summed E-state index contributed by atoms with van der Waals surface area (Å²) in [4.78, 5) is 12.3. The number of ether oxygens (including phenoxy) is 2. The van der Waals surface area contributed by atoms with Crippen LogP contribution in [-0.4, -0.2) is 23.3 Å². The average molecular weight is 343 g/mol. The number of esters is 1. The smallest absolute Gasteiger partial charge is 0.349 e. The third kappa shape index (κ3) is 5.17. The van der Waals surface area contributed by atoms with Gasteiger partial charge in [0.25, 0.3) is 0 Å². The van der Waals surface area contributed by atoms with Gasteiger partial charge in [0.15, 0.2) is 5.04 Å². The number of methoxy groups -OCH3 is 1.